The van der Waals surface area contributed by atoms with Crippen molar-refractivity contribution in [3.8, 4) is 0 Å². The molecule has 0 unspecified atom stereocenters. The van der Waals surface area contributed by atoms with E-state index in [4.69, 9.17) is 9.47 Å². The summed E-state index contributed by atoms with van der Waals surface area (Å²) in [5.74, 6) is -2.59. The Balaban J connectivity index is 2.20. The maximum atomic E-state index is 12.3. The minimum absolute atomic E-state index is 0.0122. The molecule has 3 aliphatic rings. The number of allylic oxidation sites excluding steroid dienone is 1. The maximum Gasteiger partial charge on any atom is 0.342 e. The van der Waals surface area contributed by atoms with Crippen LogP contribution in [0.2, 0.25) is 0 Å². The molecule has 0 aromatic heterocycles. The van der Waals surface area contributed by atoms with Gasteiger partial charge >= 0.3 is 23.9 Å². The van der Waals surface area contributed by atoms with Crippen molar-refractivity contribution in [3.63, 3.8) is 0 Å². The molecule has 2 aliphatic heterocycles. The van der Waals surface area contributed by atoms with E-state index in [1.807, 2.05) is 19.9 Å². The lowest BCUT2D eigenvalue weighted by Crippen LogP contribution is -2.27. The second kappa shape index (κ2) is 5.69. The van der Waals surface area contributed by atoms with E-state index in [-0.39, 0.29) is 23.8 Å². The van der Waals surface area contributed by atoms with Crippen LogP contribution in [0.15, 0.2) is 22.8 Å². The molecule has 3 rings (SSSR count). The van der Waals surface area contributed by atoms with E-state index >= 15 is 0 Å². The highest BCUT2D eigenvalue weighted by molar-refractivity contribution is 6.14. The standard InChI is InChI=1S/C18H20O6/c1-4-9-6-11-12(15(20)23-14(11)19)8-18(3)13(7-10(9)5-2)16(21)24-17(18)22/h7,9-10H,4-6,8H2,1-3H3/b13-7-/t9-,10-,18+/m0/s1. The number of hydrogen-bond donors (Lipinski definition) is 0. The van der Waals surface area contributed by atoms with Gasteiger partial charge in [-0.1, -0.05) is 26.3 Å². The lowest BCUT2D eigenvalue weighted by molar-refractivity contribution is -0.154. The SMILES string of the molecule is CC[C@H]1CC2=C(C[C@@]3(C)C(=O)OC(=O)/C3=C/[C@@H]1CC)C(=O)OC2=O. The minimum Gasteiger partial charge on any atom is -0.389 e. The Labute approximate surface area is 139 Å². The molecule has 1 fully saturated rings. The molecule has 0 radical (unpaired) electrons. The summed E-state index contributed by atoms with van der Waals surface area (Å²) in [6.45, 7) is 5.59. The molecule has 3 atom stereocenters. The van der Waals surface area contributed by atoms with Crippen LogP contribution in [-0.2, 0) is 28.7 Å². The molecule has 0 bridgehead atoms. The third-order valence-corrected chi connectivity index (χ3v) is 5.47. The molecule has 24 heavy (non-hydrogen) atoms. The average molecular weight is 332 g/mol. The van der Waals surface area contributed by atoms with E-state index in [1.54, 1.807) is 6.92 Å². The summed E-state index contributed by atoms with van der Waals surface area (Å²) >= 11 is 0. The van der Waals surface area contributed by atoms with Gasteiger partial charge in [0, 0.05) is 17.6 Å². The van der Waals surface area contributed by atoms with Crippen molar-refractivity contribution in [1.82, 2.24) is 0 Å². The molecule has 0 amide bonds. The van der Waals surface area contributed by atoms with Crippen LogP contribution < -0.4 is 0 Å². The van der Waals surface area contributed by atoms with Crippen molar-refractivity contribution in [3.05, 3.63) is 22.8 Å². The van der Waals surface area contributed by atoms with E-state index < -0.39 is 29.3 Å². The molecule has 128 valence electrons. The zero-order chi connectivity index (χ0) is 17.6. The quantitative estimate of drug-likeness (QED) is 0.569. The van der Waals surface area contributed by atoms with Crippen molar-refractivity contribution in [1.29, 1.82) is 0 Å². The number of cyclic esters (lactones) is 4. The smallest absolute Gasteiger partial charge is 0.342 e. The van der Waals surface area contributed by atoms with Crippen LogP contribution in [0.25, 0.3) is 0 Å². The maximum absolute atomic E-state index is 12.3. The van der Waals surface area contributed by atoms with Crippen LogP contribution in [-0.4, -0.2) is 23.9 Å². The first kappa shape index (κ1) is 16.6. The zero-order valence-electron chi connectivity index (χ0n) is 14.0. The monoisotopic (exact) mass is 332 g/mol. The summed E-state index contributed by atoms with van der Waals surface area (Å²) in [6.07, 6.45) is 3.72. The van der Waals surface area contributed by atoms with Crippen molar-refractivity contribution in [2.75, 3.05) is 0 Å². The number of hydrogen-bond acceptors (Lipinski definition) is 6. The number of carbonyl (C=O) groups excluding carboxylic acids is 4. The van der Waals surface area contributed by atoms with Gasteiger partial charge in [0.2, 0.25) is 0 Å². The lowest BCUT2D eigenvalue weighted by Gasteiger charge is -2.23. The van der Waals surface area contributed by atoms with Gasteiger partial charge in [-0.2, -0.15) is 0 Å². The van der Waals surface area contributed by atoms with E-state index in [1.165, 1.54) is 0 Å². The minimum atomic E-state index is -1.25. The van der Waals surface area contributed by atoms with Gasteiger partial charge in [-0.05, 0) is 31.6 Å². The van der Waals surface area contributed by atoms with Gasteiger partial charge in [0.05, 0.1) is 5.57 Å². The molecule has 6 nitrogen and oxygen atoms in total. The normalized spacial score (nSPS) is 35.4. The third-order valence-electron chi connectivity index (χ3n) is 5.47. The van der Waals surface area contributed by atoms with E-state index in [0.29, 0.717) is 17.6 Å². The van der Waals surface area contributed by atoms with E-state index in [2.05, 4.69) is 0 Å². The molecule has 0 aromatic rings. The van der Waals surface area contributed by atoms with Gasteiger partial charge in [-0.25, -0.2) is 14.4 Å². The Morgan fingerprint density at radius 1 is 1.00 bits per heavy atom. The van der Waals surface area contributed by atoms with Crippen LogP contribution in [0.3, 0.4) is 0 Å². The van der Waals surface area contributed by atoms with Crippen LogP contribution in [0.4, 0.5) is 0 Å². The first-order valence-corrected chi connectivity index (χ1v) is 8.29. The van der Waals surface area contributed by atoms with E-state index in [0.717, 1.165) is 12.8 Å². The van der Waals surface area contributed by atoms with Crippen molar-refractivity contribution < 1.29 is 28.7 Å². The predicted octanol–water partition coefficient (Wildman–Crippen LogP) is 2.23. The lowest BCUT2D eigenvalue weighted by atomic mass is 9.76. The number of ether oxygens (including phenoxy) is 2. The molecule has 0 aromatic carbocycles. The first-order chi connectivity index (χ1) is 11.3. The van der Waals surface area contributed by atoms with Gasteiger partial charge in [0.25, 0.3) is 0 Å². The van der Waals surface area contributed by atoms with Gasteiger partial charge in [-0.15, -0.1) is 0 Å². The van der Waals surface area contributed by atoms with Gasteiger partial charge < -0.3 is 9.47 Å². The zero-order valence-corrected chi connectivity index (χ0v) is 14.0. The Kier molecular flexibility index (Phi) is 3.94. The largest absolute Gasteiger partial charge is 0.389 e. The Morgan fingerprint density at radius 3 is 2.29 bits per heavy atom. The number of fused-ring (bicyclic) bond motifs is 1. The predicted molar refractivity (Wildman–Crippen MR) is 82.2 cm³/mol. The number of esters is 4. The first-order valence-electron chi connectivity index (χ1n) is 8.29. The molecule has 6 heteroatoms. The summed E-state index contributed by atoms with van der Waals surface area (Å²) in [5.41, 5.74) is -0.417. The summed E-state index contributed by atoms with van der Waals surface area (Å²) in [7, 11) is 0. The molecule has 0 N–H and O–H groups in total. The summed E-state index contributed by atoms with van der Waals surface area (Å²) in [4.78, 5) is 48.7. The van der Waals surface area contributed by atoms with Crippen LogP contribution >= 0.6 is 0 Å². The Bertz CT molecular complexity index is 713. The molecular formula is C18H20O6. The number of carbonyl (C=O) groups is 4. The number of rotatable bonds is 2. The highest BCUT2D eigenvalue weighted by Gasteiger charge is 2.53. The second-order valence-corrected chi connectivity index (χ2v) is 6.84. The fraction of sp³-hybridized carbons (Fsp3) is 0.556. The topological polar surface area (TPSA) is 86.7 Å². The Hall–Kier alpha value is -2.24. The van der Waals surface area contributed by atoms with Crippen molar-refractivity contribution >= 4 is 23.9 Å². The highest BCUT2D eigenvalue weighted by atomic mass is 16.6. The summed E-state index contributed by atoms with van der Waals surface area (Å²) < 4.78 is 9.60. The summed E-state index contributed by atoms with van der Waals surface area (Å²) in [5, 5.41) is 0. The molecular weight excluding hydrogens is 312 g/mol. The highest BCUT2D eigenvalue weighted by Crippen LogP contribution is 2.47. The average Bonchev–Trinajstić information content (AvgIpc) is 2.92. The second-order valence-electron chi connectivity index (χ2n) is 6.84. The Morgan fingerprint density at radius 2 is 1.67 bits per heavy atom. The van der Waals surface area contributed by atoms with E-state index in [9.17, 15) is 19.2 Å². The van der Waals surface area contributed by atoms with Gasteiger partial charge in [0.15, 0.2) is 0 Å². The molecule has 1 saturated heterocycles. The van der Waals surface area contributed by atoms with Crippen molar-refractivity contribution in [2.24, 2.45) is 17.3 Å². The third kappa shape index (κ3) is 2.32. The molecule has 0 spiro atoms. The molecule has 2 heterocycles. The summed E-state index contributed by atoms with van der Waals surface area (Å²) in [6, 6.07) is 0. The van der Waals surface area contributed by atoms with Crippen LogP contribution in [0, 0.1) is 17.3 Å². The van der Waals surface area contributed by atoms with Crippen molar-refractivity contribution in [2.45, 2.75) is 46.5 Å². The van der Waals surface area contributed by atoms with Crippen LogP contribution in [0.5, 0.6) is 0 Å². The molecule has 1 aliphatic carbocycles. The van der Waals surface area contributed by atoms with Crippen LogP contribution in [0.1, 0.15) is 46.5 Å². The fourth-order valence-electron chi connectivity index (χ4n) is 3.86. The van der Waals surface area contributed by atoms with Gasteiger partial charge in [0.1, 0.15) is 5.41 Å². The fourth-order valence-corrected chi connectivity index (χ4v) is 3.86. The molecule has 0 saturated carbocycles. The van der Waals surface area contributed by atoms with Gasteiger partial charge in [-0.3, -0.25) is 4.79 Å².